The highest BCUT2D eigenvalue weighted by Crippen LogP contribution is 2.54. The van der Waals surface area contributed by atoms with Gasteiger partial charge in [-0.05, 0) is 127 Å². The van der Waals surface area contributed by atoms with Crippen LogP contribution >= 0.6 is 7.92 Å². The molecule has 3 atom stereocenters. The summed E-state index contributed by atoms with van der Waals surface area (Å²) in [6.07, 6.45) is 3.86. The average Bonchev–Trinajstić information content (AvgIpc) is 3.46. The molecular weight excluding hydrogens is 583 g/mol. The monoisotopic (exact) mass is 636 g/mol. The van der Waals surface area contributed by atoms with Crippen LogP contribution in [0.3, 0.4) is 0 Å². The maximum atomic E-state index is 2.60. The van der Waals surface area contributed by atoms with E-state index in [-0.39, 0.29) is 5.92 Å². The van der Waals surface area contributed by atoms with Crippen LogP contribution in [-0.2, 0) is 0 Å². The van der Waals surface area contributed by atoms with Crippen LogP contribution in [0.1, 0.15) is 105 Å². The molecule has 1 aliphatic rings. The first-order valence-electron chi connectivity index (χ1n) is 17.7. The van der Waals surface area contributed by atoms with E-state index >= 15 is 0 Å². The van der Waals surface area contributed by atoms with Gasteiger partial charge in [0.05, 0.1) is 0 Å². The largest absolute Gasteiger partial charge is 0.0620 e. The van der Waals surface area contributed by atoms with Crippen molar-refractivity contribution in [3.63, 3.8) is 0 Å². The van der Waals surface area contributed by atoms with Gasteiger partial charge in [-0.3, -0.25) is 0 Å². The SMILES string of the molecule is Cc1cc(C)cc(C(c2cc(C)cc(C)c2)c2ccccc2C2CCCC2C(C)P(c2cc(C)cc(C)c2)c2cc(C)cc(C)c2)c1. The maximum Gasteiger partial charge on any atom is 0.0343 e. The third-order valence-electron chi connectivity index (χ3n) is 10.4. The van der Waals surface area contributed by atoms with Gasteiger partial charge in [0.1, 0.15) is 0 Å². The van der Waals surface area contributed by atoms with Crippen LogP contribution in [0.5, 0.6) is 0 Å². The van der Waals surface area contributed by atoms with Crippen molar-refractivity contribution in [2.75, 3.05) is 0 Å². The van der Waals surface area contributed by atoms with E-state index < -0.39 is 7.92 Å². The Morgan fingerprint density at radius 3 is 1.36 bits per heavy atom. The highest BCUT2D eigenvalue weighted by atomic mass is 31.1. The molecule has 0 bridgehead atoms. The van der Waals surface area contributed by atoms with E-state index in [4.69, 9.17) is 0 Å². The predicted molar refractivity (Wildman–Crippen MR) is 207 cm³/mol. The lowest BCUT2D eigenvalue weighted by molar-refractivity contribution is 0.475. The first-order chi connectivity index (χ1) is 22.5. The Hall–Kier alpha value is -3.47. The lowest BCUT2D eigenvalue weighted by atomic mass is 9.76. The molecule has 5 aromatic carbocycles. The van der Waals surface area contributed by atoms with Gasteiger partial charge in [0.15, 0.2) is 0 Å². The quantitative estimate of drug-likeness (QED) is 0.117. The summed E-state index contributed by atoms with van der Waals surface area (Å²) in [6, 6.07) is 38.5. The standard InChI is InChI=1S/C46H53P/c1-29-17-30(2)22-38(21-29)46(39-23-31(3)18-32(4)24-39)45-14-11-10-13-44(45)43-16-12-15-42(43)37(9)47(40-25-33(5)19-34(6)26-40)41-27-35(7)20-36(8)28-41/h10-11,13-14,17-28,37,42-43,46H,12,15-16H2,1-9H3. The van der Waals surface area contributed by atoms with Crippen LogP contribution in [0, 0.1) is 61.3 Å². The molecule has 1 fully saturated rings. The van der Waals surface area contributed by atoms with Crippen molar-refractivity contribution in [3.05, 3.63) is 164 Å². The van der Waals surface area contributed by atoms with Crippen molar-refractivity contribution in [2.24, 2.45) is 5.92 Å². The van der Waals surface area contributed by atoms with Gasteiger partial charge in [0, 0.05) is 5.92 Å². The Labute approximate surface area is 286 Å². The summed E-state index contributed by atoms with van der Waals surface area (Å²) in [4.78, 5) is 0. The second-order valence-corrected chi connectivity index (χ2v) is 17.5. The minimum Gasteiger partial charge on any atom is -0.0620 e. The van der Waals surface area contributed by atoms with Crippen molar-refractivity contribution in [1.29, 1.82) is 0 Å². The molecule has 242 valence electrons. The van der Waals surface area contributed by atoms with Gasteiger partial charge in [0.2, 0.25) is 0 Å². The molecule has 47 heavy (non-hydrogen) atoms. The predicted octanol–water partition coefficient (Wildman–Crippen LogP) is 11.7. The van der Waals surface area contributed by atoms with Gasteiger partial charge >= 0.3 is 0 Å². The first kappa shape index (κ1) is 33.4. The fourth-order valence-corrected chi connectivity index (χ4v) is 12.3. The summed E-state index contributed by atoms with van der Waals surface area (Å²) in [5.41, 5.74) is 17.3. The molecule has 6 rings (SSSR count). The van der Waals surface area contributed by atoms with Gasteiger partial charge < -0.3 is 0 Å². The zero-order valence-electron chi connectivity index (χ0n) is 30.1. The van der Waals surface area contributed by atoms with E-state index in [0.717, 1.165) is 0 Å². The molecule has 0 N–H and O–H groups in total. The van der Waals surface area contributed by atoms with E-state index in [1.807, 2.05) is 0 Å². The molecule has 5 aromatic rings. The first-order valence-corrected chi connectivity index (χ1v) is 19.1. The van der Waals surface area contributed by atoms with Gasteiger partial charge in [-0.2, -0.15) is 0 Å². The highest BCUT2D eigenvalue weighted by molar-refractivity contribution is 7.73. The number of hydrogen-bond acceptors (Lipinski definition) is 0. The number of rotatable bonds is 8. The molecule has 0 spiro atoms. The molecule has 1 heteroatoms. The van der Waals surface area contributed by atoms with Crippen LogP contribution in [0.4, 0.5) is 0 Å². The van der Waals surface area contributed by atoms with Crippen molar-refractivity contribution in [2.45, 2.75) is 99.1 Å². The van der Waals surface area contributed by atoms with Crippen molar-refractivity contribution in [3.8, 4) is 0 Å². The number of benzene rings is 5. The van der Waals surface area contributed by atoms with E-state index in [1.54, 1.807) is 5.56 Å². The summed E-state index contributed by atoms with van der Waals surface area (Å²) in [5, 5.41) is 3.08. The highest BCUT2D eigenvalue weighted by Gasteiger charge is 2.39. The minimum absolute atomic E-state index is 0.209. The molecule has 3 unspecified atom stereocenters. The van der Waals surface area contributed by atoms with Crippen LogP contribution in [0.2, 0.25) is 0 Å². The maximum absolute atomic E-state index is 2.60. The number of hydrogen-bond donors (Lipinski definition) is 0. The molecule has 0 saturated heterocycles. The third kappa shape index (κ3) is 7.34. The second kappa shape index (κ2) is 13.9. The summed E-state index contributed by atoms with van der Waals surface area (Å²) in [6.45, 7) is 20.7. The Balaban J connectivity index is 1.49. The third-order valence-corrected chi connectivity index (χ3v) is 13.3. The van der Waals surface area contributed by atoms with Crippen LogP contribution < -0.4 is 10.6 Å². The molecule has 0 aromatic heterocycles. The lowest BCUT2D eigenvalue weighted by Gasteiger charge is -2.36. The van der Waals surface area contributed by atoms with Gasteiger partial charge in [0.25, 0.3) is 0 Å². The molecule has 1 saturated carbocycles. The Bertz CT molecular complexity index is 1710. The minimum atomic E-state index is -0.535. The molecule has 0 aliphatic heterocycles. The fraction of sp³-hybridized carbons (Fsp3) is 0.348. The Morgan fingerprint density at radius 2 is 0.915 bits per heavy atom. The molecule has 1 aliphatic carbocycles. The summed E-state index contributed by atoms with van der Waals surface area (Å²) < 4.78 is 0. The van der Waals surface area contributed by atoms with Crippen molar-refractivity contribution < 1.29 is 0 Å². The van der Waals surface area contributed by atoms with Gasteiger partial charge in [-0.1, -0.05) is 155 Å². The summed E-state index contributed by atoms with van der Waals surface area (Å²) in [5.74, 6) is 1.38. The van der Waals surface area contributed by atoms with Crippen molar-refractivity contribution >= 4 is 18.5 Å². The molecular formula is C46H53P. The number of aryl methyl sites for hydroxylation is 8. The van der Waals surface area contributed by atoms with E-state index in [1.165, 1.54) is 91.1 Å². The average molecular weight is 637 g/mol. The van der Waals surface area contributed by atoms with Crippen molar-refractivity contribution in [1.82, 2.24) is 0 Å². The summed E-state index contributed by atoms with van der Waals surface area (Å²) in [7, 11) is -0.535. The molecule has 0 heterocycles. The normalized spacial score (nSPS) is 17.1. The topological polar surface area (TPSA) is 0 Å². The van der Waals surface area contributed by atoms with E-state index in [0.29, 0.717) is 17.5 Å². The Morgan fingerprint density at radius 1 is 0.511 bits per heavy atom. The van der Waals surface area contributed by atoms with Crippen LogP contribution in [0.25, 0.3) is 0 Å². The molecule has 0 amide bonds. The van der Waals surface area contributed by atoms with E-state index in [9.17, 15) is 0 Å². The fourth-order valence-electron chi connectivity index (χ4n) is 8.96. The van der Waals surface area contributed by atoms with Gasteiger partial charge in [-0.15, -0.1) is 0 Å². The van der Waals surface area contributed by atoms with E-state index in [2.05, 4.69) is 159 Å². The van der Waals surface area contributed by atoms with Crippen LogP contribution in [-0.4, -0.2) is 5.66 Å². The zero-order valence-corrected chi connectivity index (χ0v) is 31.0. The summed E-state index contributed by atoms with van der Waals surface area (Å²) >= 11 is 0. The molecule has 0 radical (unpaired) electrons. The van der Waals surface area contributed by atoms with Crippen LogP contribution in [0.15, 0.2) is 97.1 Å². The lowest BCUT2D eigenvalue weighted by Crippen LogP contribution is -2.28. The smallest absolute Gasteiger partial charge is 0.0343 e. The second-order valence-electron chi connectivity index (χ2n) is 14.9. The molecule has 0 nitrogen and oxygen atoms in total. The van der Waals surface area contributed by atoms with Gasteiger partial charge in [-0.25, -0.2) is 0 Å². The zero-order chi connectivity index (χ0) is 33.4. The Kier molecular flexibility index (Phi) is 9.92.